The Balaban J connectivity index is 3.16. The van der Waals surface area contributed by atoms with Gasteiger partial charge in [-0.1, -0.05) is 17.7 Å². The molecule has 0 aromatic heterocycles. The van der Waals surface area contributed by atoms with Crippen LogP contribution in [0.15, 0.2) is 18.2 Å². The zero-order valence-corrected chi connectivity index (χ0v) is 9.64. The van der Waals surface area contributed by atoms with Crippen LogP contribution in [0.1, 0.15) is 10.4 Å². The first kappa shape index (κ1) is 12.9. The van der Waals surface area contributed by atoms with Gasteiger partial charge in [0.15, 0.2) is 0 Å². The van der Waals surface area contributed by atoms with E-state index in [-0.39, 0.29) is 22.8 Å². The Morgan fingerprint density at radius 3 is 2.82 bits per heavy atom. The molecule has 7 heteroatoms. The maximum atomic E-state index is 11.8. The average molecular weight is 254 g/mol. The zero-order chi connectivity index (χ0) is 13.0. The molecule has 0 saturated carbocycles. The van der Waals surface area contributed by atoms with Crippen molar-refractivity contribution in [2.24, 2.45) is 0 Å². The molecule has 0 bridgehead atoms. The summed E-state index contributed by atoms with van der Waals surface area (Å²) < 4.78 is 0. The van der Waals surface area contributed by atoms with E-state index < -0.39 is 10.8 Å². The number of carbonyl (C=O) groups excluding carboxylic acids is 1. The summed E-state index contributed by atoms with van der Waals surface area (Å²) in [6.07, 6.45) is 0. The fraction of sp³-hybridized carbons (Fsp3) is 0.200. The SMILES string of the molecule is CN(CC#N)C(=O)c1cccc([N+](=O)[O-])c1Cl. The molecular formula is C10H8ClN3O3. The van der Waals surface area contributed by atoms with Crippen LogP contribution in [0.5, 0.6) is 0 Å². The van der Waals surface area contributed by atoms with Crippen molar-refractivity contribution in [1.82, 2.24) is 4.90 Å². The molecule has 0 atom stereocenters. The summed E-state index contributed by atoms with van der Waals surface area (Å²) in [6.45, 7) is -0.113. The molecule has 0 aliphatic rings. The van der Waals surface area contributed by atoms with Gasteiger partial charge in [0.1, 0.15) is 11.6 Å². The fourth-order valence-electron chi connectivity index (χ4n) is 1.21. The van der Waals surface area contributed by atoms with Crippen molar-refractivity contribution < 1.29 is 9.72 Å². The van der Waals surface area contributed by atoms with Crippen molar-refractivity contribution in [3.63, 3.8) is 0 Å². The third-order valence-corrected chi connectivity index (χ3v) is 2.46. The molecule has 1 aromatic carbocycles. The minimum atomic E-state index is -0.663. The maximum Gasteiger partial charge on any atom is 0.288 e. The standard InChI is InChI=1S/C10H8ClN3O3/c1-13(6-5-12)10(15)7-3-2-4-8(9(7)11)14(16)17/h2-4H,6H2,1H3. The predicted molar refractivity (Wildman–Crippen MR) is 60.7 cm³/mol. The molecule has 0 radical (unpaired) electrons. The van der Waals surface area contributed by atoms with Crippen LogP contribution in [-0.4, -0.2) is 29.3 Å². The molecule has 0 fully saturated rings. The predicted octanol–water partition coefficient (Wildman–Crippen LogP) is 1.84. The van der Waals surface area contributed by atoms with E-state index in [1.807, 2.05) is 0 Å². The lowest BCUT2D eigenvalue weighted by Crippen LogP contribution is -2.27. The van der Waals surface area contributed by atoms with Crippen LogP contribution in [-0.2, 0) is 0 Å². The van der Waals surface area contributed by atoms with Gasteiger partial charge in [-0.15, -0.1) is 0 Å². The molecule has 1 amide bonds. The van der Waals surface area contributed by atoms with Crippen LogP contribution in [0.2, 0.25) is 5.02 Å². The summed E-state index contributed by atoms with van der Waals surface area (Å²) in [5, 5.41) is 18.9. The number of hydrogen-bond donors (Lipinski definition) is 0. The van der Waals surface area contributed by atoms with Crippen LogP contribution < -0.4 is 0 Å². The molecule has 0 spiro atoms. The molecule has 1 rings (SSSR count). The van der Waals surface area contributed by atoms with Gasteiger partial charge >= 0.3 is 0 Å². The quantitative estimate of drug-likeness (QED) is 0.467. The van der Waals surface area contributed by atoms with Gasteiger partial charge in [-0.2, -0.15) is 5.26 Å². The van der Waals surface area contributed by atoms with E-state index in [1.54, 1.807) is 6.07 Å². The fourth-order valence-corrected chi connectivity index (χ4v) is 1.49. The van der Waals surface area contributed by atoms with E-state index in [0.717, 1.165) is 4.90 Å². The Bertz CT molecular complexity index is 510. The van der Waals surface area contributed by atoms with Gasteiger partial charge in [0.05, 0.1) is 16.6 Å². The van der Waals surface area contributed by atoms with Gasteiger partial charge in [-0.25, -0.2) is 0 Å². The highest BCUT2D eigenvalue weighted by molar-refractivity contribution is 6.35. The number of rotatable bonds is 3. The minimum absolute atomic E-state index is 0.0126. The number of benzene rings is 1. The molecular weight excluding hydrogens is 246 g/mol. The van der Waals surface area contributed by atoms with Crippen LogP contribution in [0.4, 0.5) is 5.69 Å². The molecule has 1 aromatic rings. The number of carbonyl (C=O) groups is 1. The zero-order valence-electron chi connectivity index (χ0n) is 8.88. The van der Waals surface area contributed by atoms with Crippen molar-refractivity contribution in [1.29, 1.82) is 5.26 Å². The maximum absolute atomic E-state index is 11.8. The minimum Gasteiger partial charge on any atom is -0.328 e. The summed E-state index contributed by atoms with van der Waals surface area (Å²) in [5.74, 6) is -0.528. The number of nitrogens with zero attached hydrogens (tertiary/aromatic N) is 3. The Labute approximate surface area is 102 Å². The first-order chi connectivity index (χ1) is 7.99. The second-order valence-electron chi connectivity index (χ2n) is 3.22. The number of nitro benzene ring substituents is 1. The molecule has 0 unspecified atom stereocenters. The lowest BCUT2D eigenvalue weighted by Gasteiger charge is -2.13. The molecule has 0 saturated heterocycles. The van der Waals surface area contributed by atoms with Crippen molar-refractivity contribution in [2.75, 3.05) is 13.6 Å². The summed E-state index contributed by atoms with van der Waals surface area (Å²) in [4.78, 5) is 22.9. The average Bonchev–Trinajstić information content (AvgIpc) is 2.28. The molecule has 0 N–H and O–H groups in total. The summed E-state index contributed by atoms with van der Waals surface area (Å²) in [5.41, 5.74) is -0.318. The molecule has 17 heavy (non-hydrogen) atoms. The highest BCUT2D eigenvalue weighted by Gasteiger charge is 2.21. The highest BCUT2D eigenvalue weighted by Crippen LogP contribution is 2.28. The first-order valence-electron chi connectivity index (χ1n) is 4.54. The molecule has 6 nitrogen and oxygen atoms in total. The monoisotopic (exact) mass is 253 g/mol. The normalized spacial score (nSPS) is 9.47. The van der Waals surface area contributed by atoms with Crippen LogP contribution in [0, 0.1) is 21.4 Å². The topological polar surface area (TPSA) is 87.2 Å². The Morgan fingerprint density at radius 2 is 2.29 bits per heavy atom. The van der Waals surface area contributed by atoms with Crippen molar-refractivity contribution in [2.45, 2.75) is 0 Å². The lowest BCUT2D eigenvalue weighted by molar-refractivity contribution is -0.384. The first-order valence-corrected chi connectivity index (χ1v) is 4.92. The van der Waals surface area contributed by atoms with E-state index in [1.165, 1.54) is 25.2 Å². The smallest absolute Gasteiger partial charge is 0.288 e. The Morgan fingerprint density at radius 1 is 1.65 bits per heavy atom. The van der Waals surface area contributed by atoms with Gasteiger partial charge in [0, 0.05) is 13.1 Å². The summed E-state index contributed by atoms with van der Waals surface area (Å²) in [7, 11) is 1.42. The van der Waals surface area contributed by atoms with Gasteiger partial charge in [-0.3, -0.25) is 14.9 Å². The molecule has 0 aliphatic carbocycles. The molecule has 88 valence electrons. The van der Waals surface area contributed by atoms with E-state index in [2.05, 4.69) is 0 Å². The van der Waals surface area contributed by atoms with Crippen LogP contribution >= 0.6 is 11.6 Å². The van der Waals surface area contributed by atoms with Gasteiger partial charge < -0.3 is 4.90 Å². The third kappa shape index (κ3) is 2.71. The lowest BCUT2D eigenvalue weighted by atomic mass is 10.2. The Hall–Kier alpha value is -2.13. The number of nitriles is 1. The summed E-state index contributed by atoms with van der Waals surface area (Å²) >= 11 is 5.77. The second kappa shape index (κ2) is 5.27. The largest absolute Gasteiger partial charge is 0.328 e. The van der Waals surface area contributed by atoms with Gasteiger partial charge in [0.2, 0.25) is 0 Å². The van der Waals surface area contributed by atoms with Crippen molar-refractivity contribution >= 4 is 23.2 Å². The number of nitro groups is 1. The Kier molecular flexibility index (Phi) is 4.01. The number of halogens is 1. The van der Waals surface area contributed by atoms with E-state index in [0.29, 0.717) is 0 Å². The van der Waals surface area contributed by atoms with Crippen LogP contribution in [0.25, 0.3) is 0 Å². The third-order valence-electron chi connectivity index (χ3n) is 2.06. The van der Waals surface area contributed by atoms with E-state index in [4.69, 9.17) is 16.9 Å². The highest BCUT2D eigenvalue weighted by atomic mass is 35.5. The van der Waals surface area contributed by atoms with Crippen molar-refractivity contribution in [3.8, 4) is 6.07 Å². The molecule has 0 heterocycles. The van der Waals surface area contributed by atoms with E-state index in [9.17, 15) is 14.9 Å². The van der Waals surface area contributed by atoms with E-state index >= 15 is 0 Å². The second-order valence-corrected chi connectivity index (χ2v) is 3.59. The van der Waals surface area contributed by atoms with Gasteiger partial charge in [0.25, 0.3) is 11.6 Å². The number of amides is 1. The van der Waals surface area contributed by atoms with Gasteiger partial charge in [-0.05, 0) is 6.07 Å². The summed E-state index contributed by atoms with van der Waals surface area (Å²) in [6, 6.07) is 5.77. The number of hydrogen-bond acceptors (Lipinski definition) is 4. The molecule has 0 aliphatic heterocycles. The van der Waals surface area contributed by atoms with Crippen LogP contribution in [0.3, 0.4) is 0 Å². The van der Waals surface area contributed by atoms with Crippen molar-refractivity contribution in [3.05, 3.63) is 38.9 Å².